The molecule has 2 aromatic carbocycles. The lowest BCUT2D eigenvalue weighted by molar-refractivity contribution is 0.624. The van der Waals surface area contributed by atoms with Crippen LogP contribution in [0.25, 0.3) is 0 Å². The van der Waals surface area contributed by atoms with Gasteiger partial charge in [0.05, 0.1) is 5.56 Å². The number of benzene rings is 2. The number of hydrogen-bond donors (Lipinski definition) is 1. The molecule has 0 aliphatic rings. The predicted molar refractivity (Wildman–Crippen MR) is 74.3 cm³/mol. The molecule has 0 spiro atoms. The van der Waals surface area contributed by atoms with Crippen molar-refractivity contribution in [2.75, 3.05) is 5.32 Å². The third kappa shape index (κ3) is 2.92. The highest BCUT2D eigenvalue weighted by molar-refractivity contribution is 5.51. The van der Waals surface area contributed by atoms with Crippen LogP contribution in [-0.4, -0.2) is 0 Å². The summed E-state index contributed by atoms with van der Waals surface area (Å²) in [7, 11) is 0. The van der Waals surface area contributed by atoms with Crippen molar-refractivity contribution in [1.82, 2.24) is 0 Å². The Kier molecular flexibility index (Phi) is 3.82. The first-order valence-electron chi connectivity index (χ1n) is 6.13. The molecule has 2 rings (SSSR count). The number of halogens is 1. The summed E-state index contributed by atoms with van der Waals surface area (Å²) in [4.78, 5) is 0. The van der Waals surface area contributed by atoms with Crippen LogP contribution in [0.1, 0.15) is 29.7 Å². The first-order chi connectivity index (χ1) is 9.11. The second-order valence-corrected chi connectivity index (χ2v) is 4.53. The summed E-state index contributed by atoms with van der Waals surface area (Å²) in [6.07, 6.45) is 0. The standard InChI is InChI=1S/C16H15FN2/c1-11-5-3-4-6-15(11)12(2)19-14-7-8-16(17)13(9-14)10-18/h3-9,12,19H,1-2H3. The van der Waals surface area contributed by atoms with Gasteiger partial charge >= 0.3 is 0 Å². The average Bonchev–Trinajstić information content (AvgIpc) is 2.41. The molecular weight excluding hydrogens is 239 g/mol. The van der Waals surface area contributed by atoms with E-state index in [0.717, 1.165) is 5.69 Å². The van der Waals surface area contributed by atoms with Crippen LogP contribution < -0.4 is 5.32 Å². The van der Waals surface area contributed by atoms with Crippen LogP contribution in [0.5, 0.6) is 0 Å². The van der Waals surface area contributed by atoms with Gasteiger partial charge in [-0.2, -0.15) is 5.26 Å². The molecule has 1 N–H and O–H groups in total. The first-order valence-corrected chi connectivity index (χ1v) is 6.13. The van der Waals surface area contributed by atoms with Gasteiger partial charge in [-0.25, -0.2) is 4.39 Å². The molecule has 1 atom stereocenters. The Bertz CT molecular complexity index is 629. The molecule has 0 heterocycles. The number of nitrogens with zero attached hydrogens (tertiary/aromatic N) is 1. The molecule has 96 valence electrons. The molecule has 0 aliphatic carbocycles. The Balaban J connectivity index is 2.22. The normalized spacial score (nSPS) is 11.7. The largest absolute Gasteiger partial charge is 0.378 e. The van der Waals surface area contributed by atoms with Crippen molar-refractivity contribution in [3.63, 3.8) is 0 Å². The summed E-state index contributed by atoms with van der Waals surface area (Å²) in [5.74, 6) is -0.489. The summed E-state index contributed by atoms with van der Waals surface area (Å²) in [5.41, 5.74) is 3.19. The number of hydrogen-bond acceptors (Lipinski definition) is 2. The van der Waals surface area contributed by atoms with Gasteiger partial charge in [-0.3, -0.25) is 0 Å². The maximum Gasteiger partial charge on any atom is 0.141 e. The molecule has 0 radical (unpaired) electrons. The van der Waals surface area contributed by atoms with Crippen LogP contribution in [0.3, 0.4) is 0 Å². The van der Waals surface area contributed by atoms with E-state index in [1.165, 1.54) is 23.3 Å². The zero-order chi connectivity index (χ0) is 13.8. The van der Waals surface area contributed by atoms with Gasteiger partial charge in [0.2, 0.25) is 0 Å². The average molecular weight is 254 g/mol. The van der Waals surface area contributed by atoms with Gasteiger partial charge in [-0.1, -0.05) is 24.3 Å². The van der Waals surface area contributed by atoms with Crippen LogP contribution in [0.15, 0.2) is 42.5 Å². The number of nitrogens with one attached hydrogen (secondary N) is 1. The van der Waals surface area contributed by atoms with E-state index in [4.69, 9.17) is 5.26 Å². The summed E-state index contributed by atoms with van der Waals surface area (Å²) < 4.78 is 13.2. The van der Waals surface area contributed by atoms with Gasteiger partial charge in [-0.05, 0) is 43.2 Å². The third-order valence-corrected chi connectivity index (χ3v) is 3.12. The van der Waals surface area contributed by atoms with Crippen LogP contribution in [-0.2, 0) is 0 Å². The molecule has 0 amide bonds. The Morgan fingerprint density at radius 3 is 2.63 bits per heavy atom. The Labute approximate surface area is 112 Å². The second-order valence-electron chi connectivity index (χ2n) is 4.53. The highest BCUT2D eigenvalue weighted by Crippen LogP contribution is 2.23. The molecule has 0 saturated carbocycles. The highest BCUT2D eigenvalue weighted by atomic mass is 19.1. The van der Waals surface area contributed by atoms with E-state index >= 15 is 0 Å². The van der Waals surface area contributed by atoms with Crippen LogP contribution in [0, 0.1) is 24.1 Å². The molecule has 19 heavy (non-hydrogen) atoms. The highest BCUT2D eigenvalue weighted by Gasteiger charge is 2.09. The topological polar surface area (TPSA) is 35.8 Å². The maximum atomic E-state index is 13.2. The molecule has 2 nitrogen and oxygen atoms in total. The Morgan fingerprint density at radius 1 is 1.21 bits per heavy atom. The van der Waals surface area contributed by atoms with E-state index in [0.29, 0.717) is 0 Å². The van der Waals surface area contributed by atoms with Crippen molar-refractivity contribution in [3.05, 3.63) is 65.0 Å². The van der Waals surface area contributed by atoms with Crippen molar-refractivity contribution in [3.8, 4) is 6.07 Å². The van der Waals surface area contributed by atoms with E-state index in [1.54, 1.807) is 6.07 Å². The van der Waals surface area contributed by atoms with Crippen molar-refractivity contribution in [2.24, 2.45) is 0 Å². The van der Waals surface area contributed by atoms with Crippen LogP contribution in [0.2, 0.25) is 0 Å². The SMILES string of the molecule is Cc1ccccc1C(C)Nc1ccc(F)c(C#N)c1. The zero-order valence-electron chi connectivity index (χ0n) is 10.9. The fourth-order valence-electron chi connectivity index (χ4n) is 2.10. The predicted octanol–water partition coefficient (Wildman–Crippen LogP) is 4.18. The minimum Gasteiger partial charge on any atom is -0.378 e. The van der Waals surface area contributed by atoms with E-state index < -0.39 is 5.82 Å². The van der Waals surface area contributed by atoms with E-state index in [9.17, 15) is 4.39 Å². The monoisotopic (exact) mass is 254 g/mol. The second kappa shape index (κ2) is 5.53. The summed E-state index contributed by atoms with van der Waals surface area (Å²) in [6, 6.07) is 14.5. The summed E-state index contributed by atoms with van der Waals surface area (Å²) in [5, 5.41) is 12.1. The maximum absolute atomic E-state index is 13.2. The Hall–Kier alpha value is -2.34. The summed E-state index contributed by atoms with van der Waals surface area (Å²) in [6.45, 7) is 4.09. The van der Waals surface area contributed by atoms with Gasteiger partial charge in [0.1, 0.15) is 11.9 Å². The molecule has 0 aliphatic heterocycles. The van der Waals surface area contributed by atoms with Gasteiger partial charge in [0, 0.05) is 11.7 Å². The molecule has 3 heteroatoms. The number of aryl methyl sites for hydroxylation is 1. The van der Waals surface area contributed by atoms with Crippen molar-refractivity contribution < 1.29 is 4.39 Å². The molecule has 1 unspecified atom stereocenters. The Morgan fingerprint density at radius 2 is 1.95 bits per heavy atom. The first kappa shape index (κ1) is 13.1. The summed E-state index contributed by atoms with van der Waals surface area (Å²) >= 11 is 0. The van der Waals surface area contributed by atoms with Crippen molar-refractivity contribution in [1.29, 1.82) is 5.26 Å². The van der Waals surface area contributed by atoms with Gasteiger partial charge in [0.15, 0.2) is 0 Å². The molecule has 0 fully saturated rings. The lowest BCUT2D eigenvalue weighted by Crippen LogP contribution is -2.08. The van der Waals surface area contributed by atoms with Crippen molar-refractivity contribution >= 4 is 5.69 Å². The van der Waals surface area contributed by atoms with Crippen LogP contribution in [0.4, 0.5) is 10.1 Å². The molecular formula is C16H15FN2. The minimum absolute atomic E-state index is 0.0574. The van der Waals surface area contributed by atoms with Gasteiger partial charge in [-0.15, -0.1) is 0 Å². The minimum atomic E-state index is -0.489. The lowest BCUT2D eigenvalue weighted by Gasteiger charge is -2.18. The lowest BCUT2D eigenvalue weighted by atomic mass is 10.0. The number of anilines is 1. The fraction of sp³-hybridized carbons (Fsp3) is 0.188. The smallest absolute Gasteiger partial charge is 0.141 e. The van der Waals surface area contributed by atoms with Crippen molar-refractivity contribution in [2.45, 2.75) is 19.9 Å². The molecule has 2 aromatic rings. The third-order valence-electron chi connectivity index (χ3n) is 3.12. The zero-order valence-corrected chi connectivity index (χ0v) is 10.9. The van der Waals surface area contributed by atoms with Gasteiger partial charge < -0.3 is 5.32 Å². The van der Waals surface area contributed by atoms with Gasteiger partial charge in [0.25, 0.3) is 0 Å². The molecule has 0 aromatic heterocycles. The quantitative estimate of drug-likeness (QED) is 0.891. The van der Waals surface area contributed by atoms with E-state index in [-0.39, 0.29) is 11.6 Å². The number of nitriles is 1. The van der Waals surface area contributed by atoms with E-state index in [1.807, 2.05) is 25.1 Å². The molecule has 0 bridgehead atoms. The van der Waals surface area contributed by atoms with Crippen LogP contribution >= 0.6 is 0 Å². The molecule has 0 saturated heterocycles. The fourth-order valence-corrected chi connectivity index (χ4v) is 2.10. The number of rotatable bonds is 3. The van der Waals surface area contributed by atoms with E-state index in [2.05, 4.69) is 24.4 Å².